The summed E-state index contributed by atoms with van der Waals surface area (Å²) in [4.78, 5) is 38.2. The van der Waals surface area contributed by atoms with Crippen molar-refractivity contribution in [3.8, 4) is 0 Å². The van der Waals surface area contributed by atoms with Crippen LogP contribution in [-0.2, 0) is 28.6 Å². The van der Waals surface area contributed by atoms with Gasteiger partial charge in [0.25, 0.3) is 0 Å². The zero-order valence-electron chi connectivity index (χ0n) is 46.7. The van der Waals surface area contributed by atoms with Gasteiger partial charge >= 0.3 is 17.9 Å². The van der Waals surface area contributed by atoms with Crippen molar-refractivity contribution < 1.29 is 28.6 Å². The zero-order valence-corrected chi connectivity index (χ0v) is 46.7. The third-order valence-electron chi connectivity index (χ3n) is 14.2. The monoisotopic (exact) mass is 961 g/mol. The number of hydrogen-bond donors (Lipinski definition) is 0. The van der Waals surface area contributed by atoms with E-state index in [1.807, 2.05) is 0 Å². The van der Waals surface area contributed by atoms with Gasteiger partial charge in [-0.05, 0) is 31.1 Å². The van der Waals surface area contributed by atoms with Crippen LogP contribution >= 0.6 is 0 Å². The molecule has 0 aliphatic rings. The molecule has 0 radical (unpaired) electrons. The Hall–Kier alpha value is -1.59. The van der Waals surface area contributed by atoms with Crippen molar-refractivity contribution in [2.24, 2.45) is 11.8 Å². The Bertz CT molecular complexity index is 1040. The van der Waals surface area contributed by atoms with Gasteiger partial charge in [0.2, 0.25) is 0 Å². The largest absolute Gasteiger partial charge is 0.462 e. The third kappa shape index (κ3) is 55.3. The molecule has 0 aliphatic heterocycles. The first-order valence-electron chi connectivity index (χ1n) is 30.7. The van der Waals surface area contributed by atoms with Crippen molar-refractivity contribution in [2.75, 3.05) is 13.2 Å². The minimum absolute atomic E-state index is 0.0621. The molecule has 0 fully saturated rings. The lowest BCUT2D eigenvalue weighted by atomic mass is 10.0. The molecular formula is C62H120O6. The smallest absolute Gasteiger partial charge is 0.306 e. The summed E-state index contributed by atoms with van der Waals surface area (Å²) in [6, 6.07) is 0. The first-order valence-corrected chi connectivity index (χ1v) is 30.7. The Morgan fingerprint density at radius 3 is 0.721 bits per heavy atom. The molecule has 0 heterocycles. The van der Waals surface area contributed by atoms with Crippen LogP contribution in [0, 0.1) is 11.8 Å². The van der Waals surface area contributed by atoms with E-state index in [9.17, 15) is 14.4 Å². The van der Waals surface area contributed by atoms with Crippen LogP contribution < -0.4 is 0 Å². The highest BCUT2D eigenvalue weighted by atomic mass is 16.6. The number of rotatable bonds is 56. The van der Waals surface area contributed by atoms with Gasteiger partial charge in [0, 0.05) is 19.3 Å². The van der Waals surface area contributed by atoms with Crippen LogP contribution in [0.2, 0.25) is 0 Å². The van der Waals surface area contributed by atoms with E-state index in [-0.39, 0.29) is 31.1 Å². The van der Waals surface area contributed by atoms with Gasteiger partial charge in [0.1, 0.15) is 13.2 Å². The number of unbranched alkanes of at least 4 members (excludes halogenated alkanes) is 41. The van der Waals surface area contributed by atoms with Crippen LogP contribution in [-0.4, -0.2) is 37.2 Å². The summed E-state index contributed by atoms with van der Waals surface area (Å²) in [7, 11) is 0. The molecule has 0 rings (SSSR count). The lowest BCUT2D eigenvalue weighted by Crippen LogP contribution is -2.30. The molecule has 0 aromatic carbocycles. The number of hydrogen-bond acceptors (Lipinski definition) is 6. The summed E-state index contributed by atoms with van der Waals surface area (Å²) >= 11 is 0. The maximum Gasteiger partial charge on any atom is 0.306 e. The molecule has 0 amide bonds. The predicted molar refractivity (Wildman–Crippen MR) is 293 cm³/mol. The Morgan fingerprint density at radius 2 is 0.485 bits per heavy atom. The fourth-order valence-corrected chi connectivity index (χ4v) is 9.58. The van der Waals surface area contributed by atoms with Crippen LogP contribution in [0.25, 0.3) is 0 Å². The molecule has 0 saturated carbocycles. The molecule has 6 heteroatoms. The minimum Gasteiger partial charge on any atom is -0.462 e. The molecule has 0 N–H and O–H groups in total. The van der Waals surface area contributed by atoms with E-state index in [4.69, 9.17) is 14.2 Å². The first kappa shape index (κ1) is 66.4. The van der Waals surface area contributed by atoms with Crippen molar-refractivity contribution in [1.82, 2.24) is 0 Å². The topological polar surface area (TPSA) is 78.9 Å². The molecule has 0 aromatic rings. The van der Waals surface area contributed by atoms with Crippen LogP contribution in [0.15, 0.2) is 0 Å². The SMILES string of the molecule is CCCCCCCCCCCCCCCCCCC(=O)OC[C@H](COC(=O)CCCCCCCCCCCCCCC(C)C)OC(=O)CCCCCCCCCCCCCCCCCCC(C)C. The van der Waals surface area contributed by atoms with Crippen LogP contribution in [0.1, 0.15) is 349 Å². The maximum absolute atomic E-state index is 12.9. The summed E-state index contributed by atoms with van der Waals surface area (Å²) in [5.74, 6) is 0.852. The Labute approximate surface area is 425 Å². The summed E-state index contributed by atoms with van der Waals surface area (Å²) in [6.45, 7) is 11.4. The molecule has 0 bridgehead atoms. The average molecular weight is 962 g/mol. The van der Waals surface area contributed by atoms with E-state index in [1.54, 1.807) is 0 Å². The second-order valence-electron chi connectivity index (χ2n) is 22.3. The van der Waals surface area contributed by atoms with Crippen molar-refractivity contribution >= 4 is 17.9 Å². The van der Waals surface area contributed by atoms with Gasteiger partial charge < -0.3 is 14.2 Å². The average Bonchev–Trinajstić information content (AvgIpc) is 3.31. The summed E-state index contributed by atoms with van der Waals surface area (Å²) < 4.78 is 16.9. The molecule has 0 aromatic heterocycles. The quantitative estimate of drug-likeness (QED) is 0.0343. The minimum atomic E-state index is -0.763. The van der Waals surface area contributed by atoms with E-state index < -0.39 is 6.10 Å². The van der Waals surface area contributed by atoms with Crippen molar-refractivity contribution in [3.05, 3.63) is 0 Å². The van der Waals surface area contributed by atoms with Gasteiger partial charge in [-0.1, -0.05) is 311 Å². The third-order valence-corrected chi connectivity index (χ3v) is 14.2. The van der Waals surface area contributed by atoms with E-state index in [0.29, 0.717) is 19.3 Å². The predicted octanol–water partition coefficient (Wildman–Crippen LogP) is 20.4. The normalized spacial score (nSPS) is 12.0. The Morgan fingerprint density at radius 1 is 0.279 bits per heavy atom. The molecule has 0 saturated heterocycles. The Kier molecular flexibility index (Phi) is 53.5. The zero-order chi connectivity index (χ0) is 49.6. The van der Waals surface area contributed by atoms with Crippen LogP contribution in [0.5, 0.6) is 0 Å². The molecule has 0 aliphatic carbocycles. The molecule has 404 valence electrons. The molecule has 1 atom stereocenters. The summed E-state index contributed by atoms with van der Waals surface area (Å²) in [5.41, 5.74) is 0. The molecule has 68 heavy (non-hydrogen) atoms. The van der Waals surface area contributed by atoms with E-state index in [2.05, 4.69) is 34.6 Å². The Balaban J connectivity index is 4.29. The first-order chi connectivity index (χ1) is 33.2. The second kappa shape index (κ2) is 54.7. The van der Waals surface area contributed by atoms with Crippen molar-refractivity contribution in [3.63, 3.8) is 0 Å². The van der Waals surface area contributed by atoms with Gasteiger partial charge in [-0.15, -0.1) is 0 Å². The van der Waals surface area contributed by atoms with Crippen LogP contribution in [0.4, 0.5) is 0 Å². The fourth-order valence-electron chi connectivity index (χ4n) is 9.58. The fraction of sp³-hybridized carbons (Fsp3) is 0.952. The molecule has 6 nitrogen and oxygen atoms in total. The number of carbonyl (C=O) groups is 3. The highest BCUT2D eigenvalue weighted by molar-refractivity contribution is 5.71. The van der Waals surface area contributed by atoms with E-state index in [1.165, 1.54) is 238 Å². The lowest BCUT2D eigenvalue weighted by molar-refractivity contribution is -0.167. The maximum atomic E-state index is 12.9. The molecular weight excluding hydrogens is 841 g/mol. The van der Waals surface area contributed by atoms with Gasteiger partial charge in [-0.3, -0.25) is 14.4 Å². The molecule has 0 spiro atoms. The van der Waals surface area contributed by atoms with Gasteiger partial charge in [0.05, 0.1) is 0 Å². The lowest BCUT2D eigenvalue weighted by Gasteiger charge is -2.18. The van der Waals surface area contributed by atoms with E-state index in [0.717, 1.165) is 69.6 Å². The van der Waals surface area contributed by atoms with Crippen molar-refractivity contribution in [1.29, 1.82) is 0 Å². The van der Waals surface area contributed by atoms with Gasteiger partial charge in [0.15, 0.2) is 6.10 Å². The summed E-state index contributed by atoms with van der Waals surface area (Å²) in [5, 5.41) is 0. The van der Waals surface area contributed by atoms with Crippen molar-refractivity contribution in [2.45, 2.75) is 355 Å². The highest BCUT2D eigenvalue weighted by Crippen LogP contribution is 2.19. The van der Waals surface area contributed by atoms with Gasteiger partial charge in [-0.25, -0.2) is 0 Å². The van der Waals surface area contributed by atoms with E-state index >= 15 is 0 Å². The standard InChI is InChI=1S/C62H120O6/c1-6-7-8-9-10-11-12-13-14-18-21-27-32-37-42-47-52-60(63)66-55-59(56-67-61(64)53-48-43-38-33-28-24-23-26-31-36-41-46-51-58(4)5)68-62(65)54-49-44-39-34-29-22-19-16-15-17-20-25-30-35-40-45-50-57(2)3/h57-59H,6-56H2,1-5H3/t59-/m1/s1. The number of ether oxygens (including phenoxy) is 3. The number of esters is 3. The van der Waals surface area contributed by atoms with Crippen LogP contribution in [0.3, 0.4) is 0 Å². The highest BCUT2D eigenvalue weighted by Gasteiger charge is 2.19. The second-order valence-corrected chi connectivity index (χ2v) is 22.3. The van der Waals surface area contributed by atoms with Gasteiger partial charge in [-0.2, -0.15) is 0 Å². The molecule has 0 unspecified atom stereocenters. The summed E-state index contributed by atoms with van der Waals surface area (Å²) in [6.07, 6.45) is 59.5. The number of carbonyl (C=O) groups excluding carboxylic acids is 3.